The van der Waals surface area contributed by atoms with Gasteiger partial charge in [0, 0.05) is 46.3 Å². The summed E-state index contributed by atoms with van der Waals surface area (Å²) >= 11 is 0. The van der Waals surface area contributed by atoms with Gasteiger partial charge in [0.1, 0.15) is 23.0 Å². The topological polar surface area (TPSA) is 24.9 Å². The van der Waals surface area contributed by atoms with Gasteiger partial charge in [-0.25, -0.2) is 17.6 Å². The van der Waals surface area contributed by atoms with Crippen molar-refractivity contribution in [1.82, 2.24) is 0 Å². The number of benzene rings is 16. The number of ether oxygens (including phenoxy) is 2. The van der Waals surface area contributed by atoms with Crippen molar-refractivity contribution in [2.24, 2.45) is 0 Å². The number of hydrogen-bond donors (Lipinski definition) is 0. The van der Waals surface area contributed by atoms with Crippen molar-refractivity contribution >= 4 is 75.1 Å². The van der Waals surface area contributed by atoms with Crippen molar-refractivity contribution < 1.29 is 27.0 Å². The van der Waals surface area contributed by atoms with Crippen LogP contribution in [0.15, 0.2) is 377 Å². The number of halogens is 4. The Morgan fingerprint density at radius 1 is 0.277 bits per heavy atom. The second-order valence-electron chi connectivity index (χ2n) is 33.3. The molecule has 16 aromatic rings. The molecule has 2 unspecified atom stereocenters. The highest BCUT2D eigenvalue weighted by Crippen LogP contribution is 2.60. The van der Waals surface area contributed by atoms with Crippen LogP contribution >= 0.6 is 0 Å². The molecule has 19 rings (SSSR count). The minimum Gasteiger partial charge on any atom is -0.457 e. The van der Waals surface area contributed by atoms with Gasteiger partial charge >= 0.3 is 0 Å². The molecule has 0 saturated heterocycles. The lowest BCUT2D eigenvalue weighted by atomic mass is 9.67. The van der Waals surface area contributed by atoms with E-state index in [1.165, 1.54) is 35.4 Å². The summed E-state index contributed by atoms with van der Waals surface area (Å²) in [6, 6.07) is 124. The van der Waals surface area contributed by atoms with Crippen LogP contribution in [0.1, 0.15) is 108 Å². The maximum atomic E-state index is 16.6. The lowest BCUT2D eigenvalue weighted by Crippen LogP contribution is -2.72. The molecule has 0 saturated carbocycles. The van der Waals surface area contributed by atoms with Gasteiger partial charge in [-0.05, 0) is 253 Å². The predicted octanol–water partition coefficient (Wildman–Crippen LogP) is 26.7. The molecule has 578 valence electrons. The Balaban J connectivity index is 0.821. The summed E-state index contributed by atoms with van der Waals surface area (Å²) in [5, 5.41) is 4.53. The van der Waals surface area contributed by atoms with Gasteiger partial charge in [-0.15, -0.1) is 0 Å². The van der Waals surface area contributed by atoms with Gasteiger partial charge in [0.15, 0.2) is 31.3 Å². The highest BCUT2D eigenvalue weighted by molar-refractivity contribution is 7.22. The lowest BCUT2D eigenvalue weighted by molar-refractivity contribution is 0.482. The zero-order valence-electron chi connectivity index (χ0n) is 66.9. The van der Waals surface area contributed by atoms with Gasteiger partial charge in [0.2, 0.25) is 0 Å². The normalized spacial score (nSPS) is 15.2. The van der Waals surface area contributed by atoms with E-state index in [2.05, 4.69) is 309 Å². The SMILES string of the molecule is C=Cc1ccc(Oc2ccc(C3(c4ccc(C(C)(C)C)cc4)c4ccccc4-c4ccc(N(c5ccc(F)c(F)c5)c5ccc6c(c5)-c5cc(N(c7ccc(F)c(F)c7)c7ccc8c(c7)C(c7ccc(Oc9ccc(C=C)cc9)cc7)(c7ccc(C(C)(C)C)cc7)c7ccccc7-8)ccc5[Si]6(c5ccccc5)c5ccccc5)cc43)cc2)cc1. The van der Waals surface area contributed by atoms with Crippen LogP contribution in [-0.4, -0.2) is 8.07 Å². The minimum absolute atomic E-state index is 0.141. The van der Waals surface area contributed by atoms with Gasteiger partial charge in [0.05, 0.1) is 10.8 Å². The first-order valence-corrected chi connectivity index (χ1v) is 42.4. The average molecular weight is 1570 g/mol. The predicted molar refractivity (Wildman–Crippen MR) is 483 cm³/mol. The summed E-state index contributed by atoms with van der Waals surface area (Å²) in [6.07, 6.45) is 3.62. The molecule has 4 nitrogen and oxygen atoms in total. The Kier molecular flexibility index (Phi) is 18.6. The smallest absolute Gasteiger partial charge is 0.180 e. The van der Waals surface area contributed by atoms with Crippen molar-refractivity contribution in [3.63, 3.8) is 0 Å². The van der Waals surface area contributed by atoms with Crippen LogP contribution in [0.5, 0.6) is 23.0 Å². The first-order chi connectivity index (χ1) is 57.7. The zero-order chi connectivity index (χ0) is 81.7. The van der Waals surface area contributed by atoms with E-state index in [-0.39, 0.29) is 10.8 Å². The first kappa shape index (κ1) is 75.2. The molecule has 1 heterocycles. The summed E-state index contributed by atoms with van der Waals surface area (Å²) in [4.78, 5) is 4.10. The van der Waals surface area contributed by atoms with Crippen LogP contribution in [0.25, 0.3) is 45.5 Å². The summed E-state index contributed by atoms with van der Waals surface area (Å²) < 4.78 is 78.0. The Bertz CT molecular complexity index is 6230. The van der Waals surface area contributed by atoms with E-state index < -0.39 is 42.2 Å². The second-order valence-corrected chi connectivity index (χ2v) is 37.0. The molecule has 0 radical (unpaired) electrons. The second kappa shape index (κ2) is 29.4. The summed E-state index contributed by atoms with van der Waals surface area (Å²) in [7, 11) is -3.35. The van der Waals surface area contributed by atoms with Gasteiger partial charge in [-0.1, -0.05) is 297 Å². The van der Waals surface area contributed by atoms with Gasteiger partial charge in [-0.2, -0.15) is 0 Å². The fraction of sp³-hybridized carbons (Fsp3) is 0.0909. The van der Waals surface area contributed by atoms with Crippen LogP contribution in [0.4, 0.5) is 51.7 Å². The Hall–Kier alpha value is -13.9. The quantitative estimate of drug-likeness (QED) is 0.0631. The highest BCUT2D eigenvalue weighted by atomic mass is 28.3. The fourth-order valence-corrected chi connectivity index (χ4v) is 24.0. The monoisotopic (exact) mass is 1570 g/mol. The molecule has 0 fully saturated rings. The molecule has 16 aromatic carbocycles. The first-order valence-electron chi connectivity index (χ1n) is 40.4. The summed E-state index contributed by atoms with van der Waals surface area (Å²) in [5.41, 5.74) is 20.1. The molecule has 2 atom stereocenters. The molecule has 3 aliphatic rings. The minimum atomic E-state index is -3.35. The third kappa shape index (κ3) is 12.6. The van der Waals surface area contributed by atoms with Crippen molar-refractivity contribution in [2.75, 3.05) is 9.80 Å². The molecule has 9 heteroatoms. The molecule has 0 aromatic heterocycles. The molecule has 0 amide bonds. The van der Waals surface area contributed by atoms with Crippen LogP contribution in [0.3, 0.4) is 0 Å². The lowest BCUT2D eigenvalue weighted by Gasteiger charge is -2.35. The summed E-state index contributed by atoms with van der Waals surface area (Å²) in [6.45, 7) is 21.2. The largest absolute Gasteiger partial charge is 0.457 e. The van der Waals surface area contributed by atoms with E-state index in [0.717, 1.165) is 110 Å². The number of rotatable bonds is 18. The van der Waals surface area contributed by atoms with Gasteiger partial charge in [0.25, 0.3) is 0 Å². The van der Waals surface area contributed by atoms with E-state index in [9.17, 15) is 0 Å². The number of anilines is 6. The molecule has 0 N–H and O–H groups in total. The fourth-order valence-electron chi connectivity index (χ4n) is 18.9. The van der Waals surface area contributed by atoms with Crippen LogP contribution < -0.4 is 40.0 Å². The van der Waals surface area contributed by atoms with E-state index >= 15 is 17.6 Å². The third-order valence-corrected chi connectivity index (χ3v) is 29.5. The highest BCUT2D eigenvalue weighted by Gasteiger charge is 2.52. The van der Waals surface area contributed by atoms with E-state index in [1.54, 1.807) is 12.1 Å². The molecule has 1 aliphatic heterocycles. The van der Waals surface area contributed by atoms with Crippen molar-refractivity contribution in [3.8, 4) is 56.4 Å². The molecule has 0 spiro atoms. The van der Waals surface area contributed by atoms with E-state index in [1.807, 2.05) is 94.7 Å². The number of nitrogens with zero attached hydrogens (tertiary/aromatic N) is 2. The summed E-state index contributed by atoms with van der Waals surface area (Å²) in [5.74, 6) is -1.21. The van der Waals surface area contributed by atoms with E-state index in [0.29, 0.717) is 57.1 Å². The van der Waals surface area contributed by atoms with Crippen LogP contribution in [-0.2, 0) is 21.7 Å². The molecule has 0 bridgehead atoms. The Morgan fingerprint density at radius 2 is 0.571 bits per heavy atom. The zero-order valence-corrected chi connectivity index (χ0v) is 67.9. The Labute approximate surface area is 694 Å². The maximum Gasteiger partial charge on any atom is 0.180 e. The van der Waals surface area contributed by atoms with E-state index in [4.69, 9.17) is 9.47 Å². The number of fused-ring (bicyclic) bond motifs is 9. The standard InChI is InChI=1S/C110H84F4N2O2Si/c1-9-71-29-51-85(52-30-71)117-87-55-41-77(42-56-87)109(75-37-33-73(34-38-75)107(3,4)5)97-27-19-17-25-91(97)93-59-45-81(67-99(93)109)115(83-47-61-101(111)103(113)69-83)79-49-63-105-95(65-79)96-66-80(50-64-106(96)119(105,89-21-13-11-14-22-89)90-23-15-12-16-24-90)116(84-48-62-102(112)104(114)70-84)82-46-60-94-92-26-18-20-28-98(92)110(100(94)68-82,76-39-35-74(36-40-76)108(6,7)8)78-43-57-88(58-44-78)118-86-53-31-72(10-2)32-54-86/h9-70H,1-2H2,3-8H3. The Morgan fingerprint density at radius 3 is 0.916 bits per heavy atom. The third-order valence-electron chi connectivity index (χ3n) is 24.6. The van der Waals surface area contributed by atoms with Crippen molar-refractivity contribution in [3.05, 3.63) is 467 Å². The van der Waals surface area contributed by atoms with Crippen LogP contribution in [0.2, 0.25) is 0 Å². The molecular formula is C110H84F4N2O2Si. The van der Waals surface area contributed by atoms with Crippen molar-refractivity contribution in [1.29, 1.82) is 0 Å². The average Bonchev–Trinajstić information content (AvgIpc) is 1.55. The number of hydrogen-bond acceptors (Lipinski definition) is 4. The molecule has 2 aliphatic carbocycles. The van der Waals surface area contributed by atoms with Crippen molar-refractivity contribution in [2.45, 2.75) is 63.2 Å². The van der Waals surface area contributed by atoms with Gasteiger partial charge in [-0.3, -0.25) is 0 Å². The van der Waals surface area contributed by atoms with Gasteiger partial charge < -0.3 is 19.3 Å². The molecule has 119 heavy (non-hydrogen) atoms. The molecular weight excluding hydrogens is 1490 g/mol. The van der Waals surface area contributed by atoms with Crippen LogP contribution in [0, 0.1) is 23.3 Å². The maximum absolute atomic E-state index is 16.6.